The Kier molecular flexibility index (Phi) is 3.18. The van der Waals surface area contributed by atoms with Crippen LogP contribution in [0.2, 0.25) is 0 Å². The van der Waals surface area contributed by atoms with Gasteiger partial charge in [0.05, 0.1) is 11.3 Å². The van der Waals surface area contributed by atoms with Gasteiger partial charge in [0.1, 0.15) is 11.0 Å². The van der Waals surface area contributed by atoms with Crippen molar-refractivity contribution >= 4 is 21.7 Å². The molecule has 0 saturated heterocycles. The van der Waals surface area contributed by atoms with Gasteiger partial charge in [-0.3, -0.25) is 0 Å². The minimum atomic E-state index is -0.561. The number of nitrogens with zero attached hydrogens (tertiary/aromatic N) is 5. The second kappa shape index (κ2) is 4.62. The Morgan fingerprint density at radius 1 is 1.65 bits per heavy atom. The summed E-state index contributed by atoms with van der Waals surface area (Å²) in [5, 5.41) is 18.1. The van der Waals surface area contributed by atoms with E-state index in [1.165, 1.54) is 10.9 Å². The average molecular weight is 302 g/mol. The Labute approximate surface area is 104 Å². The van der Waals surface area contributed by atoms with Gasteiger partial charge in [0.25, 0.3) is 0 Å². The summed E-state index contributed by atoms with van der Waals surface area (Å²) in [4.78, 5) is 14.1. The normalized spacial score (nSPS) is 10.7. The van der Waals surface area contributed by atoms with E-state index in [0.29, 0.717) is 22.6 Å². The van der Waals surface area contributed by atoms with Crippen molar-refractivity contribution in [3.8, 4) is 0 Å². The van der Waals surface area contributed by atoms with Crippen LogP contribution in [0.5, 0.6) is 0 Å². The molecule has 9 heteroatoms. The van der Waals surface area contributed by atoms with Gasteiger partial charge >= 0.3 is 5.82 Å². The number of halogens is 1. The minimum absolute atomic E-state index is 0.232. The maximum Gasteiger partial charge on any atom is 0.404 e. The van der Waals surface area contributed by atoms with Crippen molar-refractivity contribution in [1.82, 2.24) is 19.9 Å². The molecule has 2 rings (SSSR count). The maximum absolute atomic E-state index is 10.6. The van der Waals surface area contributed by atoms with Crippen LogP contribution in [0.3, 0.4) is 0 Å². The molecule has 2 aromatic heterocycles. The molecule has 0 radical (unpaired) electrons. The van der Waals surface area contributed by atoms with E-state index in [-0.39, 0.29) is 12.4 Å². The summed E-state index contributed by atoms with van der Waals surface area (Å²) >= 11 is 3.06. The largest absolute Gasteiger partial charge is 0.404 e. The van der Waals surface area contributed by atoms with Crippen LogP contribution in [0.4, 0.5) is 5.82 Å². The van der Waals surface area contributed by atoms with Gasteiger partial charge in [-0.25, -0.2) is 0 Å². The number of aromatic nitrogens is 4. The first kappa shape index (κ1) is 11.7. The van der Waals surface area contributed by atoms with Crippen LogP contribution in [0.25, 0.3) is 0 Å². The summed E-state index contributed by atoms with van der Waals surface area (Å²) in [6.45, 7) is 2.13. The van der Waals surface area contributed by atoms with E-state index in [1.54, 1.807) is 0 Å². The fraction of sp³-hybridized carbons (Fsp3) is 0.375. The van der Waals surface area contributed by atoms with Crippen LogP contribution in [-0.4, -0.2) is 24.8 Å². The molecule has 2 aromatic rings. The third kappa shape index (κ3) is 2.49. The molecule has 0 amide bonds. The predicted molar refractivity (Wildman–Crippen MR) is 59.4 cm³/mol. The summed E-state index contributed by atoms with van der Waals surface area (Å²) in [7, 11) is 0. The molecule has 2 heterocycles. The van der Waals surface area contributed by atoms with Crippen LogP contribution in [0.1, 0.15) is 18.6 Å². The summed E-state index contributed by atoms with van der Waals surface area (Å²) < 4.78 is 6.63. The monoisotopic (exact) mass is 301 g/mol. The molecule has 0 fully saturated rings. The van der Waals surface area contributed by atoms with E-state index >= 15 is 0 Å². The fourth-order valence-corrected chi connectivity index (χ4v) is 1.69. The quantitative estimate of drug-likeness (QED) is 0.627. The van der Waals surface area contributed by atoms with Crippen molar-refractivity contribution in [3.05, 3.63) is 32.5 Å². The first-order chi connectivity index (χ1) is 8.10. The Morgan fingerprint density at radius 2 is 2.41 bits per heavy atom. The molecule has 0 aromatic carbocycles. The molecular formula is C8H8BrN5O3. The molecule has 0 saturated carbocycles. The van der Waals surface area contributed by atoms with Gasteiger partial charge in [-0.2, -0.15) is 9.67 Å². The average Bonchev–Trinajstić information content (AvgIpc) is 2.85. The molecule has 0 atom stereocenters. The molecule has 90 valence electrons. The standard InChI is InChI=1S/C8H8BrN5O3/c1-2-7-10-6(12-17-7)4-13-3-5(9)8(11-13)14(15)16/h3H,2,4H2,1H3. The van der Waals surface area contributed by atoms with Crippen LogP contribution in [-0.2, 0) is 13.0 Å². The van der Waals surface area contributed by atoms with Gasteiger partial charge in [0.2, 0.25) is 5.89 Å². The topological polar surface area (TPSA) is 99.9 Å². The molecule has 8 nitrogen and oxygen atoms in total. The minimum Gasteiger partial charge on any atom is -0.358 e. The summed E-state index contributed by atoms with van der Waals surface area (Å²) in [5.74, 6) is 0.733. The van der Waals surface area contributed by atoms with Crippen LogP contribution < -0.4 is 0 Å². The molecule has 0 bridgehead atoms. The highest BCUT2D eigenvalue weighted by Gasteiger charge is 2.19. The summed E-state index contributed by atoms with van der Waals surface area (Å²) in [5.41, 5.74) is 0. The first-order valence-electron chi connectivity index (χ1n) is 4.79. The number of hydrogen-bond donors (Lipinski definition) is 0. The number of nitro groups is 1. The number of rotatable bonds is 4. The van der Waals surface area contributed by atoms with Gasteiger partial charge in [-0.15, -0.1) is 0 Å². The maximum atomic E-state index is 10.6. The highest BCUT2D eigenvalue weighted by molar-refractivity contribution is 9.10. The molecule has 0 aliphatic carbocycles. The van der Waals surface area contributed by atoms with Crippen LogP contribution >= 0.6 is 15.9 Å². The first-order valence-corrected chi connectivity index (χ1v) is 5.58. The molecule has 0 N–H and O–H groups in total. The van der Waals surface area contributed by atoms with Crippen molar-refractivity contribution in [3.63, 3.8) is 0 Å². The molecule has 0 spiro atoms. The predicted octanol–water partition coefficient (Wildman–Crippen LogP) is 1.55. The lowest BCUT2D eigenvalue weighted by Gasteiger charge is -1.88. The van der Waals surface area contributed by atoms with E-state index in [2.05, 4.69) is 31.2 Å². The Bertz CT molecular complexity index is 549. The zero-order chi connectivity index (χ0) is 12.4. The van der Waals surface area contributed by atoms with Gasteiger partial charge in [0, 0.05) is 6.42 Å². The van der Waals surface area contributed by atoms with Crippen molar-refractivity contribution in [2.45, 2.75) is 19.9 Å². The smallest absolute Gasteiger partial charge is 0.358 e. The van der Waals surface area contributed by atoms with Crippen molar-refractivity contribution < 1.29 is 9.45 Å². The lowest BCUT2D eigenvalue weighted by Crippen LogP contribution is -2.03. The van der Waals surface area contributed by atoms with Crippen LogP contribution in [0.15, 0.2) is 15.2 Å². The molecule has 0 aliphatic heterocycles. The van der Waals surface area contributed by atoms with Crippen LogP contribution in [0, 0.1) is 10.1 Å². The van der Waals surface area contributed by atoms with Gasteiger partial charge in [-0.1, -0.05) is 12.1 Å². The second-order valence-electron chi connectivity index (χ2n) is 3.21. The zero-order valence-corrected chi connectivity index (χ0v) is 10.4. The Morgan fingerprint density at radius 3 is 2.94 bits per heavy atom. The van der Waals surface area contributed by atoms with Crippen molar-refractivity contribution in [2.24, 2.45) is 0 Å². The third-order valence-electron chi connectivity index (χ3n) is 1.99. The van der Waals surface area contributed by atoms with Crippen molar-refractivity contribution in [1.29, 1.82) is 0 Å². The highest BCUT2D eigenvalue weighted by Crippen LogP contribution is 2.22. The highest BCUT2D eigenvalue weighted by atomic mass is 79.9. The van der Waals surface area contributed by atoms with Crippen molar-refractivity contribution in [2.75, 3.05) is 0 Å². The Balaban J connectivity index is 2.18. The SMILES string of the molecule is CCc1nc(Cn2cc(Br)c([N+](=O)[O-])n2)no1. The van der Waals surface area contributed by atoms with Gasteiger partial charge < -0.3 is 14.6 Å². The van der Waals surface area contributed by atoms with E-state index < -0.39 is 4.92 Å². The molecule has 0 aliphatic rings. The van der Waals surface area contributed by atoms with E-state index in [4.69, 9.17) is 4.52 Å². The third-order valence-corrected chi connectivity index (χ3v) is 2.55. The lowest BCUT2D eigenvalue weighted by atomic mass is 10.5. The van der Waals surface area contributed by atoms with E-state index in [0.717, 1.165) is 0 Å². The molecular weight excluding hydrogens is 294 g/mol. The number of aryl methyl sites for hydroxylation is 1. The van der Waals surface area contributed by atoms with E-state index in [1.807, 2.05) is 6.92 Å². The Hall–Kier alpha value is -1.77. The van der Waals surface area contributed by atoms with Gasteiger partial charge in [-0.05, 0) is 20.9 Å². The molecule has 17 heavy (non-hydrogen) atoms. The van der Waals surface area contributed by atoms with E-state index in [9.17, 15) is 10.1 Å². The van der Waals surface area contributed by atoms with Gasteiger partial charge in [0.15, 0.2) is 5.82 Å². The lowest BCUT2D eigenvalue weighted by molar-refractivity contribution is -0.390. The fourth-order valence-electron chi connectivity index (χ4n) is 1.23. The zero-order valence-electron chi connectivity index (χ0n) is 8.83. The number of hydrogen-bond acceptors (Lipinski definition) is 6. The summed E-state index contributed by atoms with van der Waals surface area (Å²) in [6.07, 6.45) is 2.15. The summed E-state index contributed by atoms with van der Waals surface area (Å²) in [6, 6.07) is 0. The molecule has 0 unspecified atom stereocenters. The second-order valence-corrected chi connectivity index (χ2v) is 4.07.